The minimum atomic E-state index is -1.13. The van der Waals surface area contributed by atoms with E-state index in [-0.39, 0.29) is 6.54 Å². The molecule has 0 saturated carbocycles. The summed E-state index contributed by atoms with van der Waals surface area (Å²) in [4.78, 5) is 4.49. The minimum absolute atomic E-state index is 0.220. The van der Waals surface area contributed by atoms with Crippen LogP contribution in [-0.4, -0.2) is 37.2 Å². The standard InChI is InChI=1S/C20H30N4O2/c1-4-21-19(23-14-8-13-22-17-9-6-5-7-10-17)24-15-20(3,25)18-12-11-16(2)26-18/h5-7,9-12,22,25H,4,8,13-15H2,1-3H3,(H2,21,23,24). The summed E-state index contributed by atoms with van der Waals surface area (Å²) in [5.41, 5.74) is -0.0104. The smallest absolute Gasteiger partial charge is 0.191 e. The van der Waals surface area contributed by atoms with Crippen LogP contribution in [0.5, 0.6) is 0 Å². The maximum absolute atomic E-state index is 10.6. The number of nitrogens with zero attached hydrogens (tertiary/aromatic N) is 1. The van der Waals surface area contributed by atoms with Gasteiger partial charge in [-0.1, -0.05) is 18.2 Å². The van der Waals surface area contributed by atoms with Gasteiger partial charge in [-0.05, 0) is 51.5 Å². The normalized spacial score (nSPS) is 13.9. The predicted molar refractivity (Wildman–Crippen MR) is 107 cm³/mol. The first-order chi connectivity index (χ1) is 12.5. The average Bonchev–Trinajstić information content (AvgIpc) is 3.07. The molecular formula is C20H30N4O2. The fraction of sp³-hybridized carbons (Fsp3) is 0.450. The van der Waals surface area contributed by atoms with Gasteiger partial charge in [0.15, 0.2) is 5.96 Å². The summed E-state index contributed by atoms with van der Waals surface area (Å²) >= 11 is 0. The van der Waals surface area contributed by atoms with Gasteiger partial charge in [0.05, 0.1) is 6.54 Å². The molecule has 0 amide bonds. The second kappa shape index (κ2) is 9.87. The van der Waals surface area contributed by atoms with Crippen LogP contribution in [0.15, 0.2) is 51.9 Å². The summed E-state index contributed by atoms with van der Waals surface area (Å²) in [6.45, 7) is 8.23. The highest BCUT2D eigenvalue weighted by Crippen LogP contribution is 2.22. The van der Waals surface area contributed by atoms with Crippen LogP contribution in [-0.2, 0) is 5.60 Å². The van der Waals surface area contributed by atoms with Crippen molar-refractivity contribution in [2.45, 2.75) is 32.8 Å². The Labute approximate surface area is 155 Å². The number of guanidine groups is 1. The van der Waals surface area contributed by atoms with E-state index in [1.807, 2.05) is 38.1 Å². The van der Waals surface area contributed by atoms with Crippen LogP contribution in [0.4, 0.5) is 5.69 Å². The number of hydrogen-bond donors (Lipinski definition) is 4. The van der Waals surface area contributed by atoms with Crippen molar-refractivity contribution in [2.24, 2.45) is 4.99 Å². The van der Waals surface area contributed by atoms with Crippen molar-refractivity contribution in [3.05, 3.63) is 54.0 Å². The zero-order chi connectivity index (χ0) is 18.8. The highest BCUT2D eigenvalue weighted by molar-refractivity contribution is 5.79. The molecule has 1 aromatic heterocycles. The monoisotopic (exact) mass is 358 g/mol. The van der Waals surface area contributed by atoms with Crippen molar-refractivity contribution in [3.63, 3.8) is 0 Å². The number of rotatable bonds is 9. The van der Waals surface area contributed by atoms with Crippen molar-refractivity contribution >= 4 is 11.6 Å². The number of furan rings is 1. The maximum Gasteiger partial charge on any atom is 0.191 e. The van der Waals surface area contributed by atoms with Crippen molar-refractivity contribution in [1.82, 2.24) is 10.6 Å². The Morgan fingerprint density at radius 1 is 1.12 bits per heavy atom. The fourth-order valence-corrected chi connectivity index (χ4v) is 2.46. The zero-order valence-corrected chi connectivity index (χ0v) is 15.9. The molecule has 0 aliphatic heterocycles. The molecule has 0 fully saturated rings. The largest absolute Gasteiger partial charge is 0.463 e. The van der Waals surface area contributed by atoms with Gasteiger partial charge in [-0.25, -0.2) is 4.99 Å². The van der Waals surface area contributed by atoms with Gasteiger partial charge in [0.1, 0.15) is 17.1 Å². The molecule has 0 saturated heterocycles. The highest BCUT2D eigenvalue weighted by atomic mass is 16.4. The minimum Gasteiger partial charge on any atom is -0.463 e. The molecule has 26 heavy (non-hydrogen) atoms. The molecule has 6 heteroatoms. The van der Waals surface area contributed by atoms with E-state index in [0.717, 1.165) is 37.5 Å². The Morgan fingerprint density at radius 3 is 2.54 bits per heavy atom. The molecule has 0 radical (unpaired) electrons. The molecule has 1 heterocycles. The number of para-hydroxylation sites is 1. The summed E-state index contributed by atoms with van der Waals surface area (Å²) in [5, 5.41) is 20.5. The molecule has 0 aliphatic carbocycles. The summed E-state index contributed by atoms with van der Waals surface area (Å²) < 4.78 is 5.53. The third kappa shape index (κ3) is 6.44. The van der Waals surface area contributed by atoms with Crippen LogP contribution in [0.1, 0.15) is 31.8 Å². The van der Waals surface area contributed by atoms with Crippen LogP contribution in [0.25, 0.3) is 0 Å². The van der Waals surface area contributed by atoms with Crippen molar-refractivity contribution < 1.29 is 9.52 Å². The molecule has 1 aromatic carbocycles. The summed E-state index contributed by atoms with van der Waals surface area (Å²) in [7, 11) is 0. The fourth-order valence-electron chi connectivity index (χ4n) is 2.46. The number of aliphatic hydroxyl groups is 1. The number of benzene rings is 1. The lowest BCUT2D eigenvalue weighted by molar-refractivity contribution is 0.0428. The van der Waals surface area contributed by atoms with Crippen LogP contribution in [0, 0.1) is 6.92 Å². The molecule has 6 nitrogen and oxygen atoms in total. The van der Waals surface area contributed by atoms with Gasteiger partial charge in [-0.3, -0.25) is 0 Å². The molecule has 142 valence electrons. The third-order valence-electron chi connectivity index (χ3n) is 3.91. The van der Waals surface area contributed by atoms with Crippen LogP contribution < -0.4 is 16.0 Å². The van der Waals surface area contributed by atoms with Gasteiger partial charge in [-0.2, -0.15) is 0 Å². The van der Waals surface area contributed by atoms with Crippen molar-refractivity contribution in [2.75, 3.05) is 31.5 Å². The Balaban J connectivity index is 1.78. The van der Waals surface area contributed by atoms with Gasteiger partial charge in [0.2, 0.25) is 0 Å². The third-order valence-corrected chi connectivity index (χ3v) is 3.91. The maximum atomic E-state index is 10.6. The van der Waals surface area contributed by atoms with E-state index in [2.05, 4.69) is 33.1 Å². The van der Waals surface area contributed by atoms with E-state index in [1.165, 1.54) is 0 Å². The van der Waals surface area contributed by atoms with Crippen molar-refractivity contribution in [3.8, 4) is 0 Å². The highest BCUT2D eigenvalue weighted by Gasteiger charge is 2.26. The number of nitrogens with one attached hydrogen (secondary N) is 3. The van der Waals surface area contributed by atoms with Crippen LogP contribution >= 0.6 is 0 Å². The Morgan fingerprint density at radius 2 is 1.88 bits per heavy atom. The van der Waals surface area contributed by atoms with E-state index in [1.54, 1.807) is 13.0 Å². The van der Waals surface area contributed by atoms with E-state index in [9.17, 15) is 5.11 Å². The lowest BCUT2D eigenvalue weighted by Crippen LogP contribution is -2.39. The first-order valence-corrected chi connectivity index (χ1v) is 9.11. The van der Waals surface area contributed by atoms with E-state index in [0.29, 0.717) is 11.7 Å². The van der Waals surface area contributed by atoms with E-state index < -0.39 is 5.60 Å². The van der Waals surface area contributed by atoms with E-state index in [4.69, 9.17) is 4.42 Å². The Hall–Kier alpha value is -2.47. The summed E-state index contributed by atoms with van der Waals surface area (Å²) in [5.74, 6) is 2.00. The molecule has 1 unspecified atom stereocenters. The average molecular weight is 358 g/mol. The lowest BCUT2D eigenvalue weighted by Gasteiger charge is -2.19. The Bertz CT molecular complexity index is 680. The molecule has 0 bridgehead atoms. The SMILES string of the molecule is CCNC(=NCC(C)(O)c1ccc(C)o1)NCCCNc1ccccc1. The second-order valence-corrected chi connectivity index (χ2v) is 6.45. The number of aliphatic imine (C=N–C) groups is 1. The van der Waals surface area contributed by atoms with Crippen LogP contribution in [0.3, 0.4) is 0 Å². The van der Waals surface area contributed by atoms with Crippen molar-refractivity contribution in [1.29, 1.82) is 0 Å². The molecule has 2 rings (SSSR count). The number of aryl methyl sites for hydroxylation is 1. The second-order valence-electron chi connectivity index (χ2n) is 6.45. The molecular weight excluding hydrogens is 328 g/mol. The first kappa shape index (κ1) is 19.8. The quantitative estimate of drug-likeness (QED) is 0.315. The van der Waals surface area contributed by atoms with Crippen LogP contribution in [0.2, 0.25) is 0 Å². The van der Waals surface area contributed by atoms with Gasteiger partial charge in [0, 0.05) is 25.3 Å². The molecule has 4 N–H and O–H groups in total. The van der Waals surface area contributed by atoms with Gasteiger partial charge in [0.25, 0.3) is 0 Å². The summed E-state index contributed by atoms with van der Waals surface area (Å²) in [6.07, 6.45) is 0.951. The Kier molecular flexibility index (Phi) is 7.53. The number of hydrogen-bond acceptors (Lipinski definition) is 4. The molecule has 0 spiro atoms. The van der Waals surface area contributed by atoms with E-state index >= 15 is 0 Å². The van der Waals surface area contributed by atoms with Gasteiger partial charge < -0.3 is 25.5 Å². The predicted octanol–water partition coefficient (Wildman–Crippen LogP) is 2.85. The molecule has 2 aromatic rings. The van der Waals surface area contributed by atoms with Gasteiger partial charge >= 0.3 is 0 Å². The van der Waals surface area contributed by atoms with Gasteiger partial charge in [-0.15, -0.1) is 0 Å². The first-order valence-electron chi connectivity index (χ1n) is 9.11. The lowest BCUT2D eigenvalue weighted by atomic mass is 10.0. The summed E-state index contributed by atoms with van der Waals surface area (Å²) in [6, 6.07) is 13.8. The zero-order valence-electron chi connectivity index (χ0n) is 15.9. The number of anilines is 1. The molecule has 1 atom stereocenters. The topological polar surface area (TPSA) is 81.8 Å². The molecule has 0 aliphatic rings.